The Hall–Kier alpha value is -2.10. The molecular formula is C19H23NO3. The number of nitrogens with zero attached hydrogens (tertiary/aromatic N) is 1. The lowest BCUT2D eigenvalue weighted by atomic mass is 9.81. The Bertz CT molecular complexity index is 615. The van der Waals surface area contributed by atoms with Gasteiger partial charge in [-0.2, -0.15) is 0 Å². The summed E-state index contributed by atoms with van der Waals surface area (Å²) in [6.07, 6.45) is 8.12. The summed E-state index contributed by atoms with van der Waals surface area (Å²) in [5.74, 6) is 0.0360. The van der Waals surface area contributed by atoms with Crippen molar-refractivity contribution in [3.8, 4) is 0 Å². The van der Waals surface area contributed by atoms with E-state index in [4.69, 9.17) is 4.74 Å². The molecule has 1 aromatic rings. The summed E-state index contributed by atoms with van der Waals surface area (Å²) in [7, 11) is 1.43. The molecule has 1 fully saturated rings. The number of benzene rings is 1. The zero-order valence-electron chi connectivity index (χ0n) is 13.5. The number of methoxy groups -OCH3 is 1. The summed E-state index contributed by atoms with van der Waals surface area (Å²) >= 11 is 0. The third-order valence-corrected chi connectivity index (χ3v) is 4.92. The molecule has 0 aromatic heterocycles. The van der Waals surface area contributed by atoms with Crippen molar-refractivity contribution in [2.75, 3.05) is 18.6 Å². The van der Waals surface area contributed by atoms with Crippen LogP contribution < -0.4 is 4.90 Å². The van der Waals surface area contributed by atoms with Gasteiger partial charge in [0.25, 0.3) is 0 Å². The molecule has 1 saturated carbocycles. The van der Waals surface area contributed by atoms with Gasteiger partial charge in [0.1, 0.15) is 0 Å². The molecule has 0 saturated heterocycles. The Balaban J connectivity index is 1.71. The van der Waals surface area contributed by atoms with Crippen LogP contribution in [0.1, 0.15) is 37.7 Å². The molecule has 1 amide bonds. The van der Waals surface area contributed by atoms with E-state index >= 15 is 0 Å². The Morgan fingerprint density at radius 1 is 1.09 bits per heavy atom. The number of hydrogen-bond acceptors (Lipinski definition) is 3. The Morgan fingerprint density at radius 2 is 1.78 bits per heavy atom. The molecule has 1 aromatic carbocycles. The summed E-state index contributed by atoms with van der Waals surface area (Å²) in [6, 6.07) is 8.04. The van der Waals surface area contributed by atoms with Crippen LogP contribution in [0.15, 0.2) is 30.3 Å². The summed E-state index contributed by atoms with van der Waals surface area (Å²) in [6.45, 7) is 0.725. The molecule has 1 aliphatic carbocycles. The molecule has 0 N–H and O–H groups in total. The molecule has 4 heteroatoms. The smallest absolute Gasteiger partial charge is 0.308 e. The van der Waals surface area contributed by atoms with Gasteiger partial charge < -0.3 is 9.64 Å². The van der Waals surface area contributed by atoms with Crippen molar-refractivity contribution in [3.63, 3.8) is 0 Å². The minimum Gasteiger partial charge on any atom is -0.469 e. The number of amides is 1. The summed E-state index contributed by atoms with van der Waals surface area (Å²) < 4.78 is 4.82. The first kappa shape index (κ1) is 15.8. The lowest BCUT2D eigenvalue weighted by Crippen LogP contribution is -2.39. The van der Waals surface area contributed by atoms with E-state index in [0.717, 1.165) is 49.9 Å². The first-order valence-electron chi connectivity index (χ1n) is 8.35. The molecule has 4 nitrogen and oxygen atoms in total. The van der Waals surface area contributed by atoms with Gasteiger partial charge in [0.2, 0.25) is 5.91 Å². The number of ether oxygens (including phenoxy) is 1. The monoisotopic (exact) mass is 313 g/mol. The highest BCUT2D eigenvalue weighted by Crippen LogP contribution is 2.33. The lowest BCUT2D eigenvalue weighted by molar-refractivity contribution is -0.147. The molecule has 3 rings (SSSR count). The molecule has 0 atom stereocenters. The van der Waals surface area contributed by atoms with Gasteiger partial charge in [0.15, 0.2) is 0 Å². The minimum absolute atomic E-state index is 0.0158. The highest BCUT2D eigenvalue weighted by atomic mass is 16.5. The first-order chi connectivity index (χ1) is 11.2. The minimum atomic E-state index is -0.139. The van der Waals surface area contributed by atoms with E-state index in [1.807, 2.05) is 29.2 Å². The van der Waals surface area contributed by atoms with Gasteiger partial charge in [-0.1, -0.05) is 30.4 Å². The molecule has 0 radical (unpaired) electrons. The van der Waals surface area contributed by atoms with Gasteiger partial charge in [-0.15, -0.1) is 0 Å². The van der Waals surface area contributed by atoms with Gasteiger partial charge in [0.05, 0.1) is 18.7 Å². The summed E-state index contributed by atoms with van der Waals surface area (Å²) in [5, 5.41) is 0. The number of esters is 1. The van der Waals surface area contributed by atoms with Crippen LogP contribution in [0, 0.1) is 11.8 Å². The summed E-state index contributed by atoms with van der Waals surface area (Å²) in [5.41, 5.74) is 2.10. The Labute approximate surface area is 137 Å². The van der Waals surface area contributed by atoms with Crippen molar-refractivity contribution in [3.05, 3.63) is 35.9 Å². The molecule has 122 valence electrons. The second-order valence-electron chi connectivity index (χ2n) is 6.31. The number of fused-ring (bicyclic) bond motifs is 1. The number of carbonyl (C=O) groups is 2. The predicted octanol–water partition coefficient (Wildman–Crippen LogP) is 3.42. The predicted molar refractivity (Wildman–Crippen MR) is 89.9 cm³/mol. The molecule has 0 unspecified atom stereocenters. The average molecular weight is 313 g/mol. The van der Waals surface area contributed by atoms with Crippen LogP contribution in [0.3, 0.4) is 0 Å². The zero-order chi connectivity index (χ0) is 16.2. The second-order valence-corrected chi connectivity index (χ2v) is 6.31. The third-order valence-electron chi connectivity index (χ3n) is 4.92. The van der Waals surface area contributed by atoms with Crippen molar-refractivity contribution in [1.82, 2.24) is 0 Å². The van der Waals surface area contributed by atoms with Crippen LogP contribution in [-0.2, 0) is 14.3 Å². The molecule has 1 aliphatic heterocycles. The third kappa shape index (κ3) is 3.31. The van der Waals surface area contributed by atoms with Crippen LogP contribution in [0.2, 0.25) is 0 Å². The van der Waals surface area contributed by atoms with Gasteiger partial charge in [-0.3, -0.25) is 9.59 Å². The van der Waals surface area contributed by atoms with E-state index < -0.39 is 0 Å². The molecular weight excluding hydrogens is 290 g/mol. The molecule has 0 spiro atoms. The maximum Gasteiger partial charge on any atom is 0.308 e. The van der Waals surface area contributed by atoms with Gasteiger partial charge in [-0.05, 0) is 43.7 Å². The highest BCUT2D eigenvalue weighted by Gasteiger charge is 2.33. The van der Waals surface area contributed by atoms with Crippen LogP contribution in [0.25, 0.3) is 6.08 Å². The lowest BCUT2D eigenvalue weighted by Gasteiger charge is -2.31. The van der Waals surface area contributed by atoms with Gasteiger partial charge in [-0.25, -0.2) is 0 Å². The van der Waals surface area contributed by atoms with Crippen molar-refractivity contribution >= 4 is 23.6 Å². The maximum atomic E-state index is 13.0. The average Bonchev–Trinajstić information content (AvgIpc) is 2.83. The van der Waals surface area contributed by atoms with Gasteiger partial charge >= 0.3 is 5.97 Å². The number of para-hydroxylation sites is 1. The number of carbonyl (C=O) groups excluding carboxylic acids is 2. The Kier molecular flexibility index (Phi) is 4.79. The van der Waals surface area contributed by atoms with Crippen molar-refractivity contribution in [1.29, 1.82) is 0 Å². The zero-order valence-corrected chi connectivity index (χ0v) is 13.5. The van der Waals surface area contributed by atoms with E-state index in [1.165, 1.54) is 7.11 Å². The quantitative estimate of drug-likeness (QED) is 0.786. The Morgan fingerprint density at radius 3 is 2.52 bits per heavy atom. The largest absolute Gasteiger partial charge is 0.469 e. The topological polar surface area (TPSA) is 46.6 Å². The van der Waals surface area contributed by atoms with Crippen molar-refractivity contribution in [2.45, 2.75) is 32.1 Å². The van der Waals surface area contributed by atoms with E-state index in [9.17, 15) is 9.59 Å². The van der Waals surface area contributed by atoms with Crippen LogP contribution in [-0.4, -0.2) is 25.5 Å². The van der Waals surface area contributed by atoms with E-state index in [2.05, 4.69) is 12.2 Å². The highest BCUT2D eigenvalue weighted by molar-refractivity contribution is 5.97. The van der Waals surface area contributed by atoms with Crippen LogP contribution in [0.5, 0.6) is 0 Å². The number of rotatable bonds is 2. The van der Waals surface area contributed by atoms with Crippen LogP contribution in [0.4, 0.5) is 5.69 Å². The van der Waals surface area contributed by atoms with E-state index in [-0.39, 0.29) is 23.7 Å². The molecule has 23 heavy (non-hydrogen) atoms. The van der Waals surface area contributed by atoms with Crippen LogP contribution >= 0.6 is 0 Å². The molecule has 0 bridgehead atoms. The fourth-order valence-electron chi connectivity index (χ4n) is 3.60. The fraction of sp³-hybridized carbons (Fsp3) is 0.474. The molecule has 2 aliphatic rings. The van der Waals surface area contributed by atoms with E-state index in [0.29, 0.717) is 0 Å². The fourth-order valence-corrected chi connectivity index (χ4v) is 3.60. The number of hydrogen-bond donors (Lipinski definition) is 0. The molecule has 1 heterocycles. The maximum absolute atomic E-state index is 13.0. The van der Waals surface area contributed by atoms with Crippen molar-refractivity contribution in [2.24, 2.45) is 11.8 Å². The summed E-state index contributed by atoms with van der Waals surface area (Å²) in [4.78, 5) is 26.6. The first-order valence-corrected chi connectivity index (χ1v) is 8.35. The van der Waals surface area contributed by atoms with Gasteiger partial charge in [0, 0.05) is 12.5 Å². The van der Waals surface area contributed by atoms with Crippen molar-refractivity contribution < 1.29 is 14.3 Å². The van der Waals surface area contributed by atoms with E-state index in [1.54, 1.807) is 0 Å². The normalized spacial score (nSPS) is 23.8. The SMILES string of the molecule is COC(=O)C1CCC(C(=O)N2CCC=Cc3ccccc32)CC1. The number of anilines is 1. The second kappa shape index (κ2) is 6.99. The standard InChI is InChI=1S/C19H23NO3/c1-23-19(22)16-11-9-15(10-12-16)18(21)20-13-5-4-7-14-6-2-3-8-17(14)20/h2-4,6-8,15-16H,5,9-13H2,1H3.